The van der Waals surface area contributed by atoms with Crippen LogP contribution in [0.1, 0.15) is 31.4 Å². The highest BCUT2D eigenvalue weighted by Gasteiger charge is 2.28. The van der Waals surface area contributed by atoms with E-state index in [4.69, 9.17) is 4.74 Å². The van der Waals surface area contributed by atoms with Crippen molar-refractivity contribution >= 4 is 9.84 Å². The van der Waals surface area contributed by atoms with Crippen molar-refractivity contribution in [2.45, 2.75) is 37.5 Å². The fourth-order valence-corrected chi connectivity index (χ4v) is 4.57. The molecular weight excluding hydrogens is 380 g/mol. The Morgan fingerprint density at radius 2 is 1.38 bits per heavy atom. The van der Waals surface area contributed by atoms with Crippen molar-refractivity contribution in [2.75, 3.05) is 0 Å². The van der Waals surface area contributed by atoms with Crippen molar-refractivity contribution in [3.05, 3.63) is 101 Å². The predicted octanol–water partition coefficient (Wildman–Crippen LogP) is 6.44. The second-order valence-electron chi connectivity index (χ2n) is 7.86. The molecule has 0 atom stereocenters. The Morgan fingerprint density at radius 1 is 0.862 bits per heavy atom. The molecule has 0 radical (unpaired) electrons. The zero-order chi connectivity index (χ0) is 21.1. The van der Waals surface area contributed by atoms with Crippen molar-refractivity contribution in [2.24, 2.45) is 0 Å². The summed E-state index contributed by atoms with van der Waals surface area (Å²) in [4.78, 5) is 0.497. The van der Waals surface area contributed by atoms with Gasteiger partial charge in [0.05, 0.1) is 4.90 Å². The fourth-order valence-electron chi connectivity index (χ4n) is 3.17. The van der Waals surface area contributed by atoms with Gasteiger partial charge in [0.2, 0.25) is 9.84 Å². The monoisotopic (exact) mass is 406 g/mol. The van der Waals surface area contributed by atoms with Crippen LogP contribution in [0.2, 0.25) is 0 Å². The van der Waals surface area contributed by atoms with E-state index >= 15 is 0 Å². The van der Waals surface area contributed by atoms with Crippen LogP contribution in [-0.4, -0.2) is 8.42 Å². The molecule has 3 nitrogen and oxygen atoms in total. The van der Waals surface area contributed by atoms with E-state index in [2.05, 4.69) is 6.58 Å². The lowest BCUT2D eigenvalue weighted by Crippen LogP contribution is -2.20. The Bertz CT molecular complexity index is 1080. The molecule has 0 bridgehead atoms. The van der Waals surface area contributed by atoms with Crippen LogP contribution in [0.3, 0.4) is 0 Å². The number of ether oxygens (including phenoxy) is 1. The van der Waals surface area contributed by atoms with Gasteiger partial charge in [-0.2, -0.15) is 0 Å². The third-order valence-corrected chi connectivity index (χ3v) is 6.76. The molecule has 0 saturated carbocycles. The molecular formula is C25H26O3S. The Labute approximate surface area is 173 Å². The second kappa shape index (κ2) is 8.26. The quantitative estimate of drug-likeness (QED) is 0.453. The Balaban J connectivity index is 1.73. The molecule has 3 aromatic rings. The molecule has 0 aliphatic heterocycles. The van der Waals surface area contributed by atoms with Crippen molar-refractivity contribution in [3.63, 3.8) is 0 Å². The molecule has 0 aliphatic rings. The molecule has 0 aromatic heterocycles. The van der Waals surface area contributed by atoms with Gasteiger partial charge in [-0.05, 0) is 60.7 Å². The third kappa shape index (κ3) is 4.96. The number of aryl methyl sites for hydroxylation is 1. The topological polar surface area (TPSA) is 43.4 Å². The molecule has 4 heteroatoms. The summed E-state index contributed by atoms with van der Waals surface area (Å²) in [6, 6.07) is 24.1. The molecule has 0 heterocycles. The number of hydrogen-bond acceptors (Lipinski definition) is 3. The number of hydrogen-bond donors (Lipinski definition) is 0. The minimum Gasteiger partial charge on any atom is -0.457 e. The van der Waals surface area contributed by atoms with Gasteiger partial charge in [0.15, 0.2) is 0 Å². The number of rotatable bonds is 7. The Morgan fingerprint density at radius 3 is 1.93 bits per heavy atom. The summed E-state index contributed by atoms with van der Waals surface area (Å²) in [7, 11) is -3.55. The van der Waals surface area contributed by atoms with Crippen molar-refractivity contribution in [3.8, 4) is 11.5 Å². The Hall–Kier alpha value is -2.85. The fraction of sp³-hybridized carbons (Fsp3) is 0.200. The predicted molar refractivity (Wildman–Crippen MR) is 118 cm³/mol. The van der Waals surface area contributed by atoms with Crippen LogP contribution in [-0.2, 0) is 15.3 Å². The first-order valence-corrected chi connectivity index (χ1v) is 11.0. The van der Waals surface area contributed by atoms with Gasteiger partial charge in [0.25, 0.3) is 0 Å². The maximum absolute atomic E-state index is 12.8. The van der Waals surface area contributed by atoms with Gasteiger partial charge in [-0.25, -0.2) is 8.42 Å². The van der Waals surface area contributed by atoms with Crippen LogP contribution in [0.15, 0.2) is 95.2 Å². The zero-order valence-electron chi connectivity index (χ0n) is 17.1. The first kappa shape index (κ1) is 20.9. The van der Waals surface area contributed by atoms with Crippen LogP contribution in [0.25, 0.3) is 0 Å². The van der Waals surface area contributed by atoms with E-state index < -0.39 is 9.84 Å². The Kier molecular flexibility index (Phi) is 5.94. The van der Waals surface area contributed by atoms with Gasteiger partial charge < -0.3 is 4.74 Å². The molecule has 0 saturated heterocycles. The molecule has 0 spiro atoms. The maximum atomic E-state index is 12.8. The minimum absolute atomic E-state index is 0.216. The molecule has 3 aromatic carbocycles. The smallest absolute Gasteiger partial charge is 0.202 e. The highest BCUT2D eigenvalue weighted by atomic mass is 32.2. The van der Waals surface area contributed by atoms with Crippen LogP contribution in [0.4, 0.5) is 0 Å². The number of sulfone groups is 1. The van der Waals surface area contributed by atoms with Gasteiger partial charge in [-0.3, -0.25) is 0 Å². The highest BCUT2D eigenvalue weighted by Crippen LogP contribution is 2.35. The van der Waals surface area contributed by atoms with E-state index in [0.29, 0.717) is 6.42 Å². The van der Waals surface area contributed by atoms with Gasteiger partial charge in [-0.1, -0.05) is 68.5 Å². The lowest BCUT2D eigenvalue weighted by molar-refractivity contribution is 0.479. The van der Waals surface area contributed by atoms with E-state index in [1.54, 1.807) is 30.3 Å². The standard InChI is InChI=1S/C25H26O3S/c1-19-10-14-22(15-11-19)28-23-16-12-21(13-17-23)25(3,4)18-20(2)29(26,27)24-8-6-5-7-9-24/h5-17H,2,18H2,1,3-4H3. The molecule has 0 amide bonds. The van der Waals surface area contributed by atoms with E-state index in [1.165, 1.54) is 5.56 Å². The average Bonchev–Trinajstić information content (AvgIpc) is 2.70. The lowest BCUT2D eigenvalue weighted by atomic mass is 9.81. The van der Waals surface area contributed by atoms with Gasteiger partial charge in [-0.15, -0.1) is 0 Å². The number of allylic oxidation sites excluding steroid dienone is 1. The molecule has 29 heavy (non-hydrogen) atoms. The third-order valence-electron chi connectivity index (χ3n) is 4.97. The molecule has 0 fully saturated rings. The lowest BCUT2D eigenvalue weighted by Gasteiger charge is -2.26. The summed E-state index contributed by atoms with van der Waals surface area (Å²) in [5.41, 5.74) is 1.82. The highest BCUT2D eigenvalue weighted by molar-refractivity contribution is 7.95. The van der Waals surface area contributed by atoms with Crippen LogP contribution in [0.5, 0.6) is 11.5 Å². The normalized spacial score (nSPS) is 11.8. The zero-order valence-corrected chi connectivity index (χ0v) is 17.9. The van der Waals surface area contributed by atoms with E-state index in [-0.39, 0.29) is 15.2 Å². The first-order chi connectivity index (χ1) is 13.7. The average molecular weight is 407 g/mol. The van der Waals surface area contributed by atoms with Crippen LogP contribution < -0.4 is 4.74 Å². The van der Waals surface area contributed by atoms with Crippen molar-refractivity contribution in [1.29, 1.82) is 0 Å². The van der Waals surface area contributed by atoms with E-state index in [0.717, 1.165) is 17.1 Å². The second-order valence-corrected chi connectivity index (χ2v) is 9.91. The molecule has 0 N–H and O–H groups in total. The largest absolute Gasteiger partial charge is 0.457 e. The summed E-state index contributed by atoms with van der Waals surface area (Å²) in [5.74, 6) is 1.52. The summed E-state index contributed by atoms with van der Waals surface area (Å²) in [6.07, 6.45) is 0.336. The summed E-state index contributed by atoms with van der Waals surface area (Å²) >= 11 is 0. The molecule has 150 valence electrons. The summed E-state index contributed by atoms with van der Waals surface area (Å²) in [6.45, 7) is 9.96. The SMILES string of the molecule is C=C(CC(C)(C)c1ccc(Oc2ccc(C)cc2)cc1)S(=O)(=O)c1ccccc1. The minimum atomic E-state index is -3.55. The summed E-state index contributed by atoms with van der Waals surface area (Å²) in [5, 5.41) is 0. The van der Waals surface area contributed by atoms with E-state index in [9.17, 15) is 8.42 Å². The van der Waals surface area contributed by atoms with Gasteiger partial charge >= 0.3 is 0 Å². The first-order valence-electron chi connectivity index (χ1n) is 9.51. The maximum Gasteiger partial charge on any atom is 0.202 e. The van der Waals surface area contributed by atoms with Crippen LogP contribution >= 0.6 is 0 Å². The van der Waals surface area contributed by atoms with Gasteiger partial charge in [0, 0.05) is 4.91 Å². The molecule has 3 rings (SSSR count). The number of benzene rings is 3. The summed E-state index contributed by atoms with van der Waals surface area (Å²) < 4.78 is 31.5. The molecule has 0 unspecified atom stereocenters. The van der Waals surface area contributed by atoms with Gasteiger partial charge in [0.1, 0.15) is 11.5 Å². The van der Waals surface area contributed by atoms with Crippen LogP contribution in [0, 0.1) is 6.92 Å². The molecule has 0 aliphatic carbocycles. The van der Waals surface area contributed by atoms with Crippen molar-refractivity contribution < 1.29 is 13.2 Å². The van der Waals surface area contributed by atoms with Crippen molar-refractivity contribution in [1.82, 2.24) is 0 Å². The van der Waals surface area contributed by atoms with E-state index in [1.807, 2.05) is 69.3 Å².